The summed E-state index contributed by atoms with van der Waals surface area (Å²) in [5.41, 5.74) is 0.748. The molecule has 5 nitrogen and oxygen atoms in total. The minimum atomic E-state index is -3.14. The molecular formula is C14H19BrN2O3S. The van der Waals surface area contributed by atoms with Gasteiger partial charge in [-0.2, -0.15) is 0 Å². The monoisotopic (exact) mass is 374 g/mol. The molecule has 1 amide bonds. The highest BCUT2D eigenvalue weighted by Crippen LogP contribution is 2.22. The molecule has 21 heavy (non-hydrogen) atoms. The van der Waals surface area contributed by atoms with Crippen molar-refractivity contribution in [1.82, 2.24) is 4.31 Å². The maximum Gasteiger partial charge on any atom is 0.227 e. The molecule has 0 aromatic heterocycles. The molecule has 1 heterocycles. The van der Waals surface area contributed by atoms with Crippen molar-refractivity contribution in [1.29, 1.82) is 0 Å². The van der Waals surface area contributed by atoms with Crippen LogP contribution in [0.25, 0.3) is 0 Å². The molecule has 0 bridgehead atoms. The van der Waals surface area contributed by atoms with Crippen LogP contribution >= 0.6 is 15.9 Å². The molecule has 2 rings (SSSR count). The highest BCUT2D eigenvalue weighted by molar-refractivity contribution is 9.10. The zero-order chi connectivity index (χ0) is 15.5. The summed E-state index contributed by atoms with van der Waals surface area (Å²) < 4.78 is 25.9. The summed E-state index contributed by atoms with van der Waals surface area (Å²) in [4.78, 5) is 12.2. The van der Waals surface area contributed by atoms with Gasteiger partial charge < -0.3 is 5.32 Å². The normalized spacial score (nSPS) is 17.6. The first-order valence-corrected chi connectivity index (χ1v) is 9.37. The molecule has 0 unspecified atom stereocenters. The summed E-state index contributed by atoms with van der Waals surface area (Å²) in [7, 11) is -3.14. The lowest BCUT2D eigenvalue weighted by Crippen LogP contribution is -2.42. The number of halogens is 1. The second kappa shape index (κ2) is 6.89. The van der Waals surface area contributed by atoms with Crippen LogP contribution in [0.2, 0.25) is 0 Å². The number of amides is 1. The maximum absolute atomic E-state index is 12.2. The van der Waals surface area contributed by atoms with Gasteiger partial charge in [0, 0.05) is 29.2 Å². The van der Waals surface area contributed by atoms with Gasteiger partial charge in [-0.3, -0.25) is 4.79 Å². The molecule has 1 N–H and O–H groups in total. The highest BCUT2D eigenvalue weighted by atomic mass is 79.9. The van der Waals surface area contributed by atoms with Crippen molar-refractivity contribution in [2.45, 2.75) is 19.8 Å². The van der Waals surface area contributed by atoms with Gasteiger partial charge in [0.1, 0.15) is 0 Å². The number of rotatable bonds is 4. The SMILES string of the molecule is CCS(=O)(=O)N1CCC(C(=O)Nc2cccc(Br)c2)CC1. The lowest BCUT2D eigenvalue weighted by molar-refractivity contribution is -0.120. The Hall–Kier alpha value is -0.920. The number of piperidine rings is 1. The summed E-state index contributed by atoms with van der Waals surface area (Å²) in [5.74, 6) is -0.0593. The Morgan fingerprint density at radius 1 is 1.38 bits per heavy atom. The van der Waals surface area contributed by atoms with Gasteiger partial charge in [0.15, 0.2) is 0 Å². The van der Waals surface area contributed by atoms with Gasteiger partial charge in [0.05, 0.1) is 5.75 Å². The lowest BCUT2D eigenvalue weighted by atomic mass is 9.97. The number of hydrogen-bond acceptors (Lipinski definition) is 3. The third kappa shape index (κ3) is 4.28. The van der Waals surface area contributed by atoms with Crippen molar-refractivity contribution >= 4 is 37.5 Å². The topological polar surface area (TPSA) is 66.5 Å². The van der Waals surface area contributed by atoms with Crippen LogP contribution in [0, 0.1) is 5.92 Å². The standard InChI is InChI=1S/C14H19BrN2O3S/c1-2-21(19,20)17-8-6-11(7-9-17)14(18)16-13-5-3-4-12(15)10-13/h3-5,10-11H,2,6-9H2,1H3,(H,16,18). The Balaban J connectivity index is 1.92. The molecule has 1 aromatic rings. The fourth-order valence-electron chi connectivity index (χ4n) is 2.39. The van der Waals surface area contributed by atoms with E-state index in [1.807, 2.05) is 24.3 Å². The second-order valence-electron chi connectivity index (χ2n) is 5.07. The van der Waals surface area contributed by atoms with E-state index in [1.165, 1.54) is 4.31 Å². The Labute approximate surface area is 133 Å². The first kappa shape index (κ1) is 16.5. The van der Waals surface area contributed by atoms with E-state index in [1.54, 1.807) is 6.92 Å². The van der Waals surface area contributed by atoms with Gasteiger partial charge in [-0.1, -0.05) is 22.0 Å². The van der Waals surface area contributed by atoms with Crippen LogP contribution in [0.4, 0.5) is 5.69 Å². The van der Waals surface area contributed by atoms with E-state index < -0.39 is 10.0 Å². The van der Waals surface area contributed by atoms with Crippen molar-refractivity contribution in [2.75, 3.05) is 24.2 Å². The minimum absolute atomic E-state index is 0.0401. The van der Waals surface area contributed by atoms with E-state index >= 15 is 0 Å². The van der Waals surface area contributed by atoms with Crippen LogP contribution in [-0.4, -0.2) is 37.5 Å². The summed E-state index contributed by atoms with van der Waals surface area (Å²) >= 11 is 3.36. The zero-order valence-corrected chi connectivity index (χ0v) is 14.3. The van der Waals surface area contributed by atoms with Gasteiger partial charge in [-0.15, -0.1) is 0 Å². The van der Waals surface area contributed by atoms with Gasteiger partial charge in [0.25, 0.3) is 0 Å². The van der Waals surface area contributed by atoms with Crippen molar-refractivity contribution < 1.29 is 13.2 Å². The average molecular weight is 375 g/mol. The number of sulfonamides is 1. The van der Waals surface area contributed by atoms with Crippen LogP contribution in [0.5, 0.6) is 0 Å². The number of anilines is 1. The smallest absolute Gasteiger partial charge is 0.227 e. The van der Waals surface area contributed by atoms with E-state index in [2.05, 4.69) is 21.2 Å². The Morgan fingerprint density at radius 2 is 2.05 bits per heavy atom. The number of hydrogen-bond donors (Lipinski definition) is 1. The van der Waals surface area contributed by atoms with E-state index in [0.717, 1.165) is 10.2 Å². The predicted octanol–water partition coefficient (Wildman–Crippen LogP) is 2.45. The molecule has 0 radical (unpaired) electrons. The van der Waals surface area contributed by atoms with Gasteiger partial charge >= 0.3 is 0 Å². The quantitative estimate of drug-likeness (QED) is 0.879. The fourth-order valence-corrected chi connectivity index (χ4v) is 3.92. The van der Waals surface area contributed by atoms with E-state index in [0.29, 0.717) is 25.9 Å². The largest absolute Gasteiger partial charge is 0.326 e. The third-order valence-electron chi connectivity index (χ3n) is 3.68. The number of nitrogens with zero attached hydrogens (tertiary/aromatic N) is 1. The molecule has 0 atom stereocenters. The van der Waals surface area contributed by atoms with Gasteiger partial charge in [-0.05, 0) is 38.0 Å². The molecule has 1 aromatic carbocycles. The molecule has 7 heteroatoms. The molecule has 1 aliphatic heterocycles. The lowest BCUT2D eigenvalue weighted by Gasteiger charge is -2.30. The number of nitrogens with one attached hydrogen (secondary N) is 1. The fraction of sp³-hybridized carbons (Fsp3) is 0.500. The molecule has 0 aliphatic carbocycles. The first-order chi connectivity index (χ1) is 9.92. The van der Waals surface area contributed by atoms with E-state index in [4.69, 9.17) is 0 Å². The Bertz CT molecular complexity index is 610. The third-order valence-corrected chi connectivity index (χ3v) is 6.05. The molecule has 116 valence electrons. The van der Waals surface area contributed by atoms with E-state index in [-0.39, 0.29) is 17.6 Å². The molecule has 1 fully saturated rings. The van der Waals surface area contributed by atoms with Crippen molar-refractivity contribution in [2.24, 2.45) is 5.92 Å². The summed E-state index contributed by atoms with van der Waals surface area (Å²) in [6.07, 6.45) is 1.14. The number of carbonyl (C=O) groups is 1. The van der Waals surface area contributed by atoms with Crippen LogP contribution in [0.15, 0.2) is 28.7 Å². The second-order valence-corrected chi connectivity index (χ2v) is 8.25. The van der Waals surface area contributed by atoms with Crippen molar-refractivity contribution in [3.05, 3.63) is 28.7 Å². The minimum Gasteiger partial charge on any atom is -0.326 e. The highest BCUT2D eigenvalue weighted by Gasteiger charge is 2.30. The van der Waals surface area contributed by atoms with Gasteiger partial charge in [-0.25, -0.2) is 12.7 Å². The van der Waals surface area contributed by atoms with Crippen LogP contribution < -0.4 is 5.32 Å². The Kier molecular flexibility index (Phi) is 5.40. The summed E-state index contributed by atoms with van der Waals surface area (Å²) in [6, 6.07) is 7.42. The van der Waals surface area contributed by atoms with Gasteiger partial charge in [0.2, 0.25) is 15.9 Å². The average Bonchev–Trinajstić information content (AvgIpc) is 2.47. The first-order valence-electron chi connectivity index (χ1n) is 6.96. The number of benzene rings is 1. The van der Waals surface area contributed by atoms with Crippen LogP contribution in [0.1, 0.15) is 19.8 Å². The van der Waals surface area contributed by atoms with Crippen LogP contribution in [0.3, 0.4) is 0 Å². The predicted molar refractivity (Wildman–Crippen MR) is 86.5 cm³/mol. The number of carbonyl (C=O) groups excluding carboxylic acids is 1. The molecule has 0 saturated carbocycles. The molecular weight excluding hydrogens is 356 g/mol. The van der Waals surface area contributed by atoms with Crippen molar-refractivity contribution in [3.8, 4) is 0 Å². The Morgan fingerprint density at radius 3 is 2.62 bits per heavy atom. The van der Waals surface area contributed by atoms with Crippen LogP contribution in [-0.2, 0) is 14.8 Å². The molecule has 1 aliphatic rings. The van der Waals surface area contributed by atoms with E-state index in [9.17, 15) is 13.2 Å². The maximum atomic E-state index is 12.2. The molecule has 0 spiro atoms. The summed E-state index contributed by atoms with van der Waals surface area (Å²) in [6.45, 7) is 2.49. The summed E-state index contributed by atoms with van der Waals surface area (Å²) in [5, 5.41) is 2.88. The zero-order valence-electron chi connectivity index (χ0n) is 11.9. The molecule has 1 saturated heterocycles. The van der Waals surface area contributed by atoms with Crippen molar-refractivity contribution in [3.63, 3.8) is 0 Å².